The van der Waals surface area contributed by atoms with Crippen LogP contribution in [0.3, 0.4) is 0 Å². The van der Waals surface area contributed by atoms with E-state index in [0.717, 1.165) is 0 Å². The molecule has 0 aliphatic rings. The number of hydrogen-bond donors (Lipinski definition) is 2. The van der Waals surface area contributed by atoms with Gasteiger partial charge in [-0.15, -0.1) is 0 Å². The van der Waals surface area contributed by atoms with Crippen molar-refractivity contribution in [2.75, 3.05) is 11.1 Å². The minimum absolute atomic E-state index is 0.150. The molecule has 0 atom stereocenters. The highest BCUT2D eigenvalue weighted by Gasteiger charge is 2.22. The molecule has 0 aromatic heterocycles. The standard InChI is InChI=1S/C11H14Cl2N2O/c1-11(2,3)10(16)15-9-7(13)4-6(12)5-8(9)14/h4-5H,14H2,1-3H3,(H,15,16). The van der Waals surface area contributed by atoms with Crippen molar-refractivity contribution in [1.82, 2.24) is 0 Å². The second-order valence-corrected chi connectivity index (χ2v) is 5.40. The largest absolute Gasteiger partial charge is 0.397 e. The Labute approximate surface area is 105 Å². The summed E-state index contributed by atoms with van der Waals surface area (Å²) in [4.78, 5) is 11.8. The van der Waals surface area contributed by atoms with Crippen LogP contribution in [0.5, 0.6) is 0 Å². The van der Waals surface area contributed by atoms with Crippen LogP contribution in [0.25, 0.3) is 0 Å². The van der Waals surface area contributed by atoms with Crippen LogP contribution in [0.4, 0.5) is 11.4 Å². The van der Waals surface area contributed by atoms with Crippen molar-refractivity contribution in [3.05, 3.63) is 22.2 Å². The third-order valence-corrected chi connectivity index (χ3v) is 2.52. The quantitative estimate of drug-likeness (QED) is 0.759. The minimum Gasteiger partial charge on any atom is -0.397 e. The Hall–Kier alpha value is -0.930. The van der Waals surface area contributed by atoms with E-state index < -0.39 is 5.41 Å². The van der Waals surface area contributed by atoms with E-state index in [9.17, 15) is 4.79 Å². The monoisotopic (exact) mass is 260 g/mol. The third-order valence-electron chi connectivity index (χ3n) is 2.01. The Balaban J connectivity index is 3.03. The van der Waals surface area contributed by atoms with Gasteiger partial charge in [0.05, 0.1) is 16.4 Å². The molecule has 3 N–H and O–H groups in total. The van der Waals surface area contributed by atoms with Gasteiger partial charge in [-0.2, -0.15) is 0 Å². The molecule has 0 heterocycles. The van der Waals surface area contributed by atoms with Crippen molar-refractivity contribution >= 4 is 40.5 Å². The molecule has 0 spiro atoms. The van der Waals surface area contributed by atoms with Gasteiger partial charge in [-0.25, -0.2) is 0 Å². The van der Waals surface area contributed by atoms with Gasteiger partial charge >= 0.3 is 0 Å². The second kappa shape index (κ2) is 4.52. The number of anilines is 2. The molecule has 16 heavy (non-hydrogen) atoms. The lowest BCUT2D eigenvalue weighted by Gasteiger charge is -2.19. The topological polar surface area (TPSA) is 55.1 Å². The summed E-state index contributed by atoms with van der Waals surface area (Å²) in [5.41, 5.74) is 5.99. The highest BCUT2D eigenvalue weighted by Crippen LogP contribution is 2.33. The summed E-state index contributed by atoms with van der Waals surface area (Å²) in [6.07, 6.45) is 0. The Bertz CT molecular complexity index is 401. The number of halogens is 2. The van der Waals surface area contributed by atoms with Crippen molar-refractivity contribution in [1.29, 1.82) is 0 Å². The van der Waals surface area contributed by atoms with Gasteiger partial charge in [-0.05, 0) is 12.1 Å². The van der Waals surface area contributed by atoms with Gasteiger partial charge in [0.2, 0.25) is 5.91 Å². The fraction of sp³-hybridized carbons (Fsp3) is 0.364. The van der Waals surface area contributed by atoms with Crippen LogP contribution in [0.1, 0.15) is 20.8 Å². The average molecular weight is 261 g/mol. The highest BCUT2D eigenvalue weighted by molar-refractivity contribution is 6.37. The van der Waals surface area contributed by atoms with Crippen molar-refractivity contribution in [2.45, 2.75) is 20.8 Å². The van der Waals surface area contributed by atoms with Gasteiger partial charge in [0.15, 0.2) is 0 Å². The zero-order valence-electron chi connectivity index (χ0n) is 9.40. The van der Waals surface area contributed by atoms with Gasteiger partial charge in [0.25, 0.3) is 0 Å². The van der Waals surface area contributed by atoms with Gasteiger partial charge in [0.1, 0.15) is 0 Å². The van der Waals surface area contributed by atoms with Crippen LogP contribution in [-0.4, -0.2) is 5.91 Å². The molecular weight excluding hydrogens is 247 g/mol. The molecule has 0 bridgehead atoms. The van der Waals surface area contributed by atoms with Crippen LogP contribution in [0.2, 0.25) is 10.0 Å². The van der Waals surface area contributed by atoms with E-state index >= 15 is 0 Å². The number of nitrogen functional groups attached to an aromatic ring is 1. The molecule has 1 aromatic rings. The Morgan fingerprint density at radius 2 is 1.88 bits per heavy atom. The van der Waals surface area contributed by atoms with Crippen molar-refractivity contribution in [3.8, 4) is 0 Å². The molecule has 0 fully saturated rings. The van der Waals surface area contributed by atoms with Crippen LogP contribution in [0, 0.1) is 5.41 Å². The second-order valence-electron chi connectivity index (χ2n) is 4.56. The summed E-state index contributed by atoms with van der Waals surface area (Å²) in [5.74, 6) is -0.150. The van der Waals surface area contributed by atoms with E-state index in [-0.39, 0.29) is 5.91 Å². The lowest BCUT2D eigenvalue weighted by atomic mass is 9.95. The molecule has 0 aliphatic heterocycles. The van der Waals surface area contributed by atoms with Gasteiger partial charge in [-0.1, -0.05) is 44.0 Å². The first-order valence-corrected chi connectivity index (χ1v) is 5.53. The Kier molecular flexibility index (Phi) is 3.71. The number of rotatable bonds is 1. The fourth-order valence-corrected chi connectivity index (χ4v) is 1.58. The molecule has 0 aliphatic carbocycles. The van der Waals surface area contributed by atoms with Gasteiger partial charge in [0, 0.05) is 10.4 Å². The smallest absolute Gasteiger partial charge is 0.229 e. The number of nitrogens with two attached hydrogens (primary N) is 1. The number of benzene rings is 1. The predicted octanol–water partition coefficient (Wildman–Crippen LogP) is 3.56. The van der Waals surface area contributed by atoms with Crippen molar-refractivity contribution in [2.24, 2.45) is 5.41 Å². The minimum atomic E-state index is -0.505. The SMILES string of the molecule is CC(C)(C)C(=O)Nc1c(N)cc(Cl)cc1Cl. The summed E-state index contributed by atoms with van der Waals surface area (Å²) in [6, 6.07) is 3.09. The molecular formula is C11H14Cl2N2O. The van der Waals surface area contributed by atoms with E-state index in [1.165, 1.54) is 6.07 Å². The molecule has 1 amide bonds. The van der Waals surface area contributed by atoms with Crippen LogP contribution < -0.4 is 11.1 Å². The molecule has 0 radical (unpaired) electrons. The van der Waals surface area contributed by atoms with E-state index in [4.69, 9.17) is 28.9 Å². The maximum Gasteiger partial charge on any atom is 0.229 e. The first-order chi connectivity index (χ1) is 7.21. The summed E-state index contributed by atoms with van der Waals surface area (Å²) in [5, 5.41) is 3.47. The molecule has 88 valence electrons. The van der Waals surface area contributed by atoms with E-state index in [0.29, 0.717) is 21.4 Å². The lowest BCUT2D eigenvalue weighted by Crippen LogP contribution is -2.28. The third kappa shape index (κ3) is 3.03. The summed E-state index contributed by atoms with van der Waals surface area (Å²) >= 11 is 11.7. The van der Waals surface area contributed by atoms with Crippen LogP contribution >= 0.6 is 23.2 Å². The molecule has 0 unspecified atom stereocenters. The average Bonchev–Trinajstić information content (AvgIpc) is 2.08. The Morgan fingerprint density at radius 1 is 1.31 bits per heavy atom. The van der Waals surface area contributed by atoms with E-state index in [1.54, 1.807) is 6.07 Å². The molecule has 0 saturated carbocycles. The zero-order valence-corrected chi connectivity index (χ0v) is 10.9. The van der Waals surface area contributed by atoms with Gasteiger partial charge in [-0.3, -0.25) is 4.79 Å². The predicted molar refractivity (Wildman–Crippen MR) is 69.0 cm³/mol. The fourth-order valence-electron chi connectivity index (χ4n) is 1.03. The maximum absolute atomic E-state index is 11.8. The van der Waals surface area contributed by atoms with Crippen LogP contribution in [0.15, 0.2) is 12.1 Å². The number of amides is 1. The summed E-state index contributed by atoms with van der Waals surface area (Å²) in [6.45, 7) is 5.42. The number of carbonyl (C=O) groups excluding carboxylic acids is 1. The summed E-state index contributed by atoms with van der Waals surface area (Å²) in [7, 11) is 0. The number of hydrogen-bond acceptors (Lipinski definition) is 2. The molecule has 5 heteroatoms. The zero-order chi connectivity index (χ0) is 12.5. The number of carbonyl (C=O) groups is 1. The normalized spacial score (nSPS) is 11.3. The van der Waals surface area contributed by atoms with E-state index in [1.807, 2.05) is 20.8 Å². The number of nitrogens with one attached hydrogen (secondary N) is 1. The first-order valence-electron chi connectivity index (χ1n) is 4.78. The molecule has 0 saturated heterocycles. The van der Waals surface area contributed by atoms with Crippen molar-refractivity contribution in [3.63, 3.8) is 0 Å². The summed E-state index contributed by atoms with van der Waals surface area (Å²) < 4.78 is 0. The first kappa shape index (κ1) is 13.1. The highest BCUT2D eigenvalue weighted by atomic mass is 35.5. The van der Waals surface area contributed by atoms with E-state index in [2.05, 4.69) is 5.32 Å². The van der Waals surface area contributed by atoms with Crippen molar-refractivity contribution < 1.29 is 4.79 Å². The molecule has 1 aromatic carbocycles. The van der Waals surface area contributed by atoms with Gasteiger partial charge < -0.3 is 11.1 Å². The van der Waals surface area contributed by atoms with Crippen LogP contribution in [-0.2, 0) is 4.79 Å². The molecule has 1 rings (SSSR count). The lowest BCUT2D eigenvalue weighted by molar-refractivity contribution is -0.123. The Morgan fingerprint density at radius 3 is 2.31 bits per heavy atom. The maximum atomic E-state index is 11.8. The molecule has 3 nitrogen and oxygen atoms in total.